The van der Waals surface area contributed by atoms with Gasteiger partial charge in [-0.25, -0.2) is 0 Å². The van der Waals surface area contributed by atoms with Gasteiger partial charge >= 0.3 is 0 Å². The Morgan fingerprint density at radius 2 is 1.67 bits per heavy atom. The van der Waals surface area contributed by atoms with Crippen LogP contribution in [-0.4, -0.2) is 35.3 Å². The second kappa shape index (κ2) is 9.11. The molecular formula is C25H33N3O2. The Morgan fingerprint density at radius 1 is 0.967 bits per heavy atom. The molecule has 0 fully saturated rings. The van der Waals surface area contributed by atoms with Gasteiger partial charge in [-0.1, -0.05) is 46.2 Å². The van der Waals surface area contributed by atoms with Crippen LogP contribution in [-0.2, 0) is 11.0 Å². The molecule has 5 nitrogen and oxygen atoms in total. The Bertz CT molecular complexity index is 997. The van der Waals surface area contributed by atoms with E-state index in [1.807, 2.05) is 24.3 Å². The second-order valence-electron chi connectivity index (χ2n) is 8.77. The first-order valence-electron chi connectivity index (χ1n) is 10.6. The Hall–Kier alpha value is -2.50. The lowest BCUT2D eigenvalue weighted by atomic mass is 9.78. The molecule has 1 heterocycles. The fraction of sp³-hybridized carbons (Fsp3) is 0.440. The zero-order valence-electron chi connectivity index (χ0n) is 18.7. The molecule has 0 spiro atoms. The normalized spacial score (nSPS) is 13.9. The van der Waals surface area contributed by atoms with Crippen molar-refractivity contribution in [2.45, 2.75) is 51.5 Å². The minimum Gasteiger partial charge on any atom is -0.496 e. The summed E-state index contributed by atoms with van der Waals surface area (Å²) in [4.78, 5) is 8.86. The minimum atomic E-state index is -0.812. The van der Waals surface area contributed by atoms with E-state index in [-0.39, 0.29) is 12.0 Å². The van der Waals surface area contributed by atoms with Crippen molar-refractivity contribution in [1.82, 2.24) is 15.3 Å². The van der Waals surface area contributed by atoms with Crippen LogP contribution < -0.4 is 10.1 Å². The summed E-state index contributed by atoms with van der Waals surface area (Å²) in [6.45, 7) is 9.40. The molecule has 3 aromatic rings. The van der Waals surface area contributed by atoms with Crippen LogP contribution in [0.5, 0.6) is 5.75 Å². The number of aliphatic hydroxyl groups is 1. The zero-order chi connectivity index (χ0) is 21.8. The molecule has 0 saturated heterocycles. The average molecular weight is 408 g/mol. The third-order valence-electron chi connectivity index (χ3n) is 5.68. The van der Waals surface area contributed by atoms with Crippen LogP contribution in [0.3, 0.4) is 0 Å². The van der Waals surface area contributed by atoms with Gasteiger partial charge in [-0.15, -0.1) is 0 Å². The Morgan fingerprint density at radius 3 is 2.30 bits per heavy atom. The van der Waals surface area contributed by atoms with E-state index in [1.54, 1.807) is 19.5 Å². The van der Waals surface area contributed by atoms with Gasteiger partial charge in [-0.05, 0) is 53.8 Å². The van der Waals surface area contributed by atoms with Gasteiger partial charge in [0.15, 0.2) is 0 Å². The smallest absolute Gasteiger partial charge is 0.124 e. The van der Waals surface area contributed by atoms with E-state index in [4.69, 9.17) is 4.74 Å². The summed E-state index contributed by atoms with van der Waals surface area (Å²) in [7, 11) is 1.68. The monoisotopic (exact) mass is 407 g/mol. The fourth-order valence-corrected chi connectivity index (χ4v) is 3.80. The summed E-state index contributed by atoms with van der Waals surface area (Å²) in [5, 5.41) is 14.5. The highest BCUT2D eigenvalue weighted by atomic mass is 16.5. The molecule has 160 valence electrons. The number of unbranched alkanes of at least 4 members (excludes halogenated alkanes) is 1. The van der Waals surface area contributed by atoms with Crippen molar-refractivity contribution in [3.63, 3.8) is 0 Å². The van der Waals surface area contributed by atoms with E-state index in [1.165, 1.54) is 5.56 Å². The largest absolute Gasteiger partial charge is 0.496 e. The first-order valence-corrected chi connectivity index (χ1v) is 10.6. The maximum atomic E-state index is 10.8. The number of hydrogen-bond donors (Lipinski definition) is 2. The average Bonchev–Trinajstić information content (AvgIpc) is 2.75. The van der Waals surface area contributed by atoms with E-state index in [0.29, 0.717) is 0 Å². The van der Waals surface area contributed by atoms with Crippen molar-refractivity contribution < 1.29 is 9.84 Å². The Kier molecular flexibility index (Phi) is 6.74. The quantitative estimate of drug-likeness (QED) is 0.536. The minimum absolute atomic E-state index is 0.0273. The summed E-state index contributed by atoms with van der Waals surface area (Å²) in [6, 6.07) is 12.3. The Balaban J connectivity index is 2.25. The van der Waals surface area contributed by atoms with Crippen molar-refractivity contribution >= 4 is 11.0 Å². The number of hydrogen-bond acceptors (Lipinski definition) is 5. The SMILES string of the molecule is CCCCNC(CO)(c1ccc2nccnc2c1)c1cc(C(C)(C)C)ccc1OC. The van der Waals surface area contributed by atoms with Crippen molar-refractivity contribution in [3.8, 4) is 5.75 Å². The van der Waals surface area contributed by atoms with Crippen LogP contribution in [0.15, 0.2) is 48.8 Å². The second-order valence-corrected chi connectivity index (χ2v) is 8.77. The molecule has 1 unspecified atom stereocenters. The molecule has 0 radical (unpaired) electrons. The van der Waals surface area contributed by atoms with Crippen LogP contribution in [0.2, 0.25) is 0 Å². The van der Waals surface area contributed by atoms with Crippen LogP contribution >= 0.6 is 0 Å². The lowest BCUT2D eigenvalue weighted by molar-refractivity contribution is 0.187. The molecule has 3 rings (SSSR count). The fourth-order valence-electron chi connectivity index (χ4n) is 3.80. The van der Waals surface area contributed by atoms with E-state index in [0.717, 1.165) is 47.3 Å². The van der Waals surface area contributed by atoms with E-state index in [2.05, 4.69) is 55.1 Å². The summed E-state index contributed by atoms with van der Waals surface area (Å²) in [5.41, 5.74) is 3.85. The first-order chi connectivity index (χ1) is 14.4. The maximum Gasteiger partial charge on any atom is 0.124 e. The highest BCUT2D eigenvalue weighted by Crippen LogP contribution is 2.39. The van der Waals surface area contributed by atoms with Crippen LogP contribution in [0.1, 0.15) is 57.2 Å². The molecule has 0 aliphatic carbocycles. The molecule has 5 heteroatoms. The van der Waals surface area contributed by atoms with Gasteiger partial charge < -0.3 is 15.2 Å². The molecule has 0 saturated carbocycles. The van der Waals surface area contributed by atoms with Crippen LogP contribution in [0, 0.1) is 0 Å². The third-order valence-corrected chi connectivity index (χ3v) is 5.68. The molecule has 2 N–H and O–H groups in total. The van der Waals surface area contributed by atoms with Crippen molar-refractivity contribution in [3.05, 3.63) is 65.5 Å². The maximum absolute atomic E-state index is 10.8. The highest BCUT2D eigenvalue weighted by Gasteiger charge is 2.37. The summed E-state index contributed by atoms with van der Waals surface area (Å²) in [6.07, 6.45) is 5.46. The molecular weight excluding hydrogens is 374 g/mol. The molecule has 1 atom stereocenters. The van der Waals surface area contributed by atoms with Gasteiger partial charge in [-0.2, -0.15) is 0 Å². The highest BCUT2D eigenvalue weighted by molar-refractivity contribution is 5.75. The molecule has 0 aliphatic heterocycles. The van der Waals surface area contributed by atoms with Crippen molar-refractivity contribution in [2.24, 2.45) is 0 Å². The van der Waals surface area contributed by atoms with Gasteiger partial charge in [0.05, 0.1) is 30.3 Å². The van der Waals surface area contributed by atoms with Gasteiger partial charge in [0.25, 0.3) is 0 Å². The van der Waals surface area contributed by atoms with Gasteiger partial charge in [0, 0.05) is 18.0 Å². The number of methoxy groups -OCH3 is 1. The predicted molar refractivity (Wildman–Crippen MR) is 122 cm³/mol. The lowest BCUT2D eigenvalue weighted by Gasteiger charge is -2.36. The standard InChI is InChI=1S/C25H33N3O2/c1-6-7-12-28-25(17-29,19-8-10-21-22(16-19)27-14-13-26-21)20-15-18(24(2,3)4)9-11-23(20)30-5/h8-11,13-16,28-29H,6-7,12,17H2,1-5H3. The first kappa shape index (κ1) is 22.2. The molecule has 0 bridgehead atoms. The molecule has 0 amide bonds. The Labute approximate surface area is 179 Å². The van der Waals surface area contributed by atoms with E-state index < -0.39 is 5.54 Å². The van der Waals surface area contributed by atoms with Gasteiger partial charge in [-0.3, -0.25) is 9.97 Å². The predicted octanol–water partition coefficient (Wildman–Crippen LogP) is 4.56. The van der Waals surface area contributed by atoms with Crippen molar-refractivity contribution in [1.29, 1.82) is 0 Å². The number of nitrogens with one attached hydrogen (secondary N) is 1. The number of benzene rings is 2. The number of ether oxygens (including phenoxy) is 1. The molecule has 0 aliphatic rings. The number of aliphatic hydroxyl groups excluding tert-OH is 1. The summed E-state index contributed by atoms with van der Waals surface area (Å²) >= 11 is 0. The van der Waals surface area contributed by atoms with E-state index in [9.17, 15) is 5.11 Å². The number of nitrogens with zero attached hydrogens (tertiary/aromatic N) is 2. The molecule has 2 aromatic carbocycles. The van der Waals surface area contributed by atoms with E-state index >= 15 is 0 Å². The molecule has 30 heavy (non-hydrogen) atoms. The molecule has 1 aromatic heterocycles. The van der Waals surface area contributed by atoms with Crippen LogP contribution in [0.25, 0.3) is 11.0 Å². The summed E-state index contributed by atoms with van der Waals surface area (Å²) < 4.78 is 5.76. The number of rotatable bonds is 8. The van der Waals surface area contributed by atoms with Crippen molar-refractivity contribution in [2.75, 3.05) is 20.3 Å². The van der Waals surface area contributed by atoms with Gasteiger partial charge in [0.2, 0.25) is 0 Å². The lowest BCUT2D eigenvalue weighted by Crippen LogP contribution is -2.47. The number of fused-ring (bicyclic) bond motifs is 1. The summed E-state index contributed by atoms with van der Waals surface area (Å²) in [5.74, 6) is 0.750. The zero-order valence-corrected chi connectivity index (χ0v) is 18.7. The topological polar surface area (TPSA) is 67.3 Å². The van der Waals surface area contributed by atoms with Crippen LogP contribution in [0.4, 0.5) is 0 Å². The third kappa shape index (κ3) is 4.32. The number of aromatic nitrogens is 2. The van der Waals surface area contributed by atoms with Gasteiger partial charge in [0.1, 0.15) is 5.75 Å².